The number of hydrogen-bond acceptors (Lipinski definition) is 3. The molecule has 3 rings (SSSR count). The van der Waals surface area contributed by atoms with E-state index in [-0.39, 0.29) is 23.4 Å². The van der Waals surface area contributed by atoms with Gasteiger partial charge < -0.3 is 15.5 Å². The number of carbonyl (C=O) groups excluding carboxylic acids is 2. The highest BCUT2D eigenvalue weighted by Gasteiger charge is 2.24. The summed E-state index contributed by atoms with van der Waals surface area (Å²) in [5, 5.41) is 5.86. The molecule has 0 atom stereocenters. The van der Waals surface area contributed by atoms with Crippen molar-refractivity contribution < 1.29 is 14.0 Å². The number of anilines is 1. The maximum atomic E-state index is 13.8. The third kappa shape index (κ3) is 4.68. The Labute approximate surface area is 164 Å². The van der Waals surface area contributed by atoms with Crippen molar-refractivity contribution in [3.05, 3.63) is 65.5 Å². The quantitative estimate of drug-likeness (QED) is 0.804. The van der Waals surface area contributed by atoms with Crippen LogP contribution in [0.3, 0.4) is 0 Å². The molecule has 0 saturated carbocycles. The van der Waals surface area contributed by atoms with Crippen LogP contribution in [0.5, 0.6) is 0 Å². The summed E-state index contributed by atoms with van der Waals surface area (Å²) in [5.74, 6) is -0.951. The summed E-state index contributed by atoms with van der Waals surface area (Å²) in [7, 11) is 0. The van der Waals surface area contributed by atoms with Crippen LogP contribution < -0.4 is 15.5 Å². The Hall–Kier alpha value is -2.89. The Kier molecular flexibility index (Phi) is 6.63. The van der Waals surface area contributed by atoms with Crippen LogP contribution in [0.15, 0.2) is 48.5 Å². The normalized spacial score (nSPS) is 14.6. The first kappa shape index (κ1) is 19.9. The first-order chi connectivity index (χ1) is 13.6. The lowest BCUT2D eigenvalue weighted by Crippen LogP contribution is -2.45. The highest BCUT2D eigenvalue weighted by Crippen LogP contribution is 2.24. The van der Waals surface area contributed by atoms with E-state index in [1.165, 1.54) is 12.1 Å². The molecule has 1 aliphatic heterocycles. The third-order valence-corrected chi connectivity index (χ3v) is 4.97. The van der Waals surface area contributed by atoms with Gasteiger partial charge in [-0.1, -0.05) is 31.2 Å². The van der Waals surface area contributed by atoms with E-state index in [1.807, 2.05) is 31.2 Å². The molecule has 28 heavy (non-hydrogen) atoms. The second-order valence-corrected chi connectivity index (χ2v) is 6.99. The number of nitrogens with one attached hydrogen (secondary N) is 2. The standard InChI is InChI=1S/C22H26FN3O2/c1-2-13-24-21(27)18-8-4-6-10-20(18)26-14-11-16(12-15-26)25-22(28)17-7-3-5-9-19(17)23/h3-10,16H,2,11-15H2,1H3,(H,24,27)(H,25,28). The zero-order chi connectivity index (χ0) is 19.9. The minimum absolute atomic E-state index is 0.00978. The molecule has 0 radical (unpaired) electrons. The van der Waals surface area contributed by atoms with Gasteiger partial charge in [0, 0.05) is 31.4 Å². The maximum absolute atomic E-state index is 13.8. The molecular weight excluding hydrogens is 357 g/mol. The fourth-order valence-electron chi connectivity index (χ4n) is 3.45. The van der Waals surface area contributed by atoms with E-state index >= 15 is 0 Å². The Bertz CT molecular complexity index is 832. The fourth-order valence-corrected chi connectivity index (χ4v) is 3.45. The van der Waals surface area contributed by atoms with Gasteiger partial charge in [-0.2, -0.15) is 0 Å². The molecule has 1 fully saturated rings. The highest BCUT2D eigenvalue weighted by atomic mass is 19.1. The van der Waals surface area contributed by atoms with Crippen LogP contribution in [-0.2, 0) is 0 Å². The SMILES string of the molecule is CCCNC(=O)c1ccccc1N1CCC(NC(=O)c2ccccc2F)CC1. The summed E-state index contributed by atoms with van der Waals surface area (Å²) < 4.78 is 13.8. The summed E-state index contributed by atoms with van der Waals surface area (Å²) in [6.07, 6.45) is 2.37. The molecule has 2 aromatic rings. The Balaban J connectivity index is 1.61. The summed E-state index contributed by atoms with van der Waals surface area (Å²) in [6, 6.07) is 13.6. The van der Waals surface area contributed by atoms with Crippen LogP contribution in [0.2, 0.25) is 0 Å². The predicted octanol–water partition coefficient (Wildman–Crippen LogP) is 3.36. The van der Waals surface area contributed by atoms with E-state index in [0.717, 1.165) is 38.0 Å². The molecule has 2 aromatic carbocycles. The van der Waals surface area contributed by atoms with Gasteiger partial charge in [-0.25, -0.2) is 4.39 Å². The van der Waals surface area contributed by atoms with Crippen LogP contribution in [0.4, 0.5) is 10.1 Å². The summed E-state index contributed by atoms with van der Waals surface area (Å²) >= 11 is 0. The van der Waals surface area contributed by atoms with E-state index < -0.39 is 5.82 Å². The lowest BCUT2D eigenvalue weighted by atomic mass is 10.0. The van der Waals surface area contributed by atoms with Crippen LogP contribution >= 0.6 is 0 Å². The lowest BCUT2D eigenvalue weighted by molar-refractivity contribution is 0.0925. The zero-order valence-corrected chi connectivity index (χ0v) is 16.1. The molecule has 148 valence electrons. The van der Waals surface area contributed by atoms with Gasteiger partial charge in [-0.05, 0) is 43.5 Å². The molecule has 0 bridgehead atoms. The molecule has 6 heteroatoms. The predicted molar refractivity (Wildman–Crippen MR) is 108 cm³/mol. The first-order valence-electron chi connectivity index (χ1n) is 9.77. The van der Waals surface area contributed by atoms with E-state index in [4.69, 9.17) is 0 Å². The van der Waals surface area contributed by atoms with Crippen molar-refractivity contribution in [2.24, 2.45) is 0 Å². The molecular formula is C22H26FN3O2. The topological polar surface area (TPSA) is 61.4 Å². The maximum Gasteiger partial charge on any atom is 0.254 e. The monoisotopic (exact) mass is 383 g/mol. The molecule has 1 heterocycles. The number of nitrogens with zero attached hydrogens (tertiary/aromatic N) is 1. The van der Waals surface area contributed by atoms with Crippen molar-refractivity contribution in [2.75, 3.05) is 24.5 Å². The average Bonchev–Trinajstić information content (AvgIpc) is 2.73. The summed E-state index contributed by atoms with van der Waals surface area (Å²) in [4.78, 5) is 26.9. The average molecular weight is 383 g/mol. The van der Waals surface area contributed by atoms with Gasteiger partial charge in [0.15, 0.2) is 0 Å². The molecule has 2 amide bonds. The van der Waals surface area contributed by atoms with E-state index in [0.29, 0.717) is 12.1 Å². The smallest absolute Gasteiger partial charge is 0.254 e. The highest BCUT2D eigenvalue weighted by molar-refractivity contribution is 5.99. The molecule has 0 aromatic heterocycles. The Morgan fingerprint density at radius 1 is 1.00 bits per heavy atom. The molecule has 0 aliphatic carbocycles. The largest absolute Gasteiger partial charge is 0.371 e. The Morgan fingerprint density at radius 2 is 1.64 bits per heavy atom. The number of rotatable bonds is 6. The fraction of sp³-hybridized carbons (Fsp3) is 0.364. The van der Waals surface area contributed by atoms with Gasteiger partial charge in [-0.15, -0.1) is 0 Å². The molecule has 0 spiro atoms. The van der Waals surface area contributed by atoms with Gasteiger partial charge in [-0.3, -0.25) is 9.59 Å². The number of amides is 2. The molecule has 1 aliphatic rings. The van der Waals surface area contributed by atoms with Crippen molar-refractivity contribution in [3.63, 3.8) is 0 Å². The lowest BCUT2D eigenvalue weighted by Gasteiger charge is -2.35. The molecule has 5 nitrogen and oxygen atoms in total. The number of piperidine rings is 1. The number of hydrogen-bond donors (Lipinski definition) is 2. The van der Waals surface area contributed by atoms with Crippen LogP contribution in [0.25, 0.3) is 0 Å². The van der Waals surface area contributed by atoms with E-state index in [9.17, 15) is 14.0 Å². The Morgan fingerprint density at radius 3 is 2.32 bits per heavy atom. The zero-order valence-electron chi connectivity index (χ0n) is 16.1. The van der Waals surface area contributed by atoms with Crippen molar-refractivity contribution in [1.29, 1.82) is 0 Å². The van der Waals surface area contributed by atoms with E-state index in [1.54, 1.807) is 12.1 Å². The van der Waals surface area contributed by atoms with Gasteiger partial charge in [0.25, 0.3) is 11.8 Å². The van der Waals surface area contributed by atoms with Gasteiger partial charge in [0.05, 0.1) is 11.1 Å². The number of halogens is 1. The summed E-state index contributed by atoms with van der Waals surface area (Å²) in [5.41, 5.74) is 1.66. The van der Waals surface area contributed by atoms with Crippen molar-refractivity contribution >= 4 is 17.5 Å². The third-order valence-electron chi connectivity index (χ3n) is 4.97. The molecule has 0 unspecified atom stereocenters. The minimum atomic E-state index is -0.510. The number of benzene rings is 2. The number of para-hydroxylation sites is 1. The minimum Gasteiger partial charge on any atom is -0.371 e. The van der Waals surface area contributed by atoms with Gasteiger partial charge in [0.2, 0.25) is 0 Å². The van der Waals surface area contributed by atoms with Gasteiger partial charge in [0.1, 0.15) is 5.82 Å². The van der Waals surface area contributed by atoms with Crippen molar-refractivity contribution in [2.45, 2.75) is 32.2 Å². The summed E-state index contributed by atoms with van der Waals surface area (Å²) in [6.45, 7) is 4.12. The molecule has 1 saturated heterocycles. The van der Waals surface area contributed by atoms with E-state index in [2.05, 4.69) is 15.5 Å². The van der Waals surface area contributed by atoms with Crippen LogP contribution in [0, 0.1) is 5.82 Å². The van der Waals surface area contributed by atoms with Crippen molar-refractivity contribution in [3.8, 4) is 0 Å². The second kappa shape index (κ2) is 9.35. The van der Waals surface area contributed by atoms with Crippen LogP contribution in [0.1, 0.15) is 46.9 Å². The van der Waals surface area contributed by atoms with Crippen molar-refractivity contribution in [1.82, 2.24) is 10.6 Å². The van der Waals surface area contributed by atoms with Gasteiger partial charge >= 0.3 is 0 Å². The molecule has 2 N–H and O–H groups in total. The number of carbonyl (C=O) groups is 2. The first-order valence-corrected chi connectivity index (χ1v) is 9.77. The second-order valence-electron chi connectivity index (χ2n) is 6.99. The van der Waals surface area contributed by atoms with Crippen LogP contribution in [-0.4, -0.2) is 37.5 Å².